The van der Waals surface area contributed by atoms with E-state index in [0.29, 0.717) is 22.3 Å². The summed E-state index contributed by atoms with van der Waals surface area (Å²) < 4.78 is 6.26. The zero-order chi connectivity index (χ0) is 32.7. The normalized spacial score (nSPS) is 9.58. The first-order valence-corrected chi connectivity index (χ1v) is 13.1. The van der Waals surface area contributed by atoms with Crippen LogP contribution in [0.25, 0.3) is 11.0 Å². The number of hydrogen-bond acceptors (Lipinski definition) is 6. The number of hydrogen-bond donors (Lipinski definition) is 1. The topological polar surface area (TPSA) is 103 Å². The Bertz CT molecular complexity index is 2180. The molecule has 3 rings (SSSR count). The monoisotopic (exact) mass is 586 g/mol. The fraction of sp³-hybridized carbons (Fsp3) is 0.162. The standard InChI is InChI=1S/C37H22N4O4/c1-6-7-8-9-10-11-12-13-14-15-16-17-18-21-26-45-36(44)29-25-24-28(2)31(27-29)38-35(43)33(34(42)37(3,4)5)41-32-23-20-19-22-30(32)39-40-41/h1,19-20,22-25,27,33H,2-5H3,(H,38,43). The molecule has 1 N–H and O–H groups in total. The van der Waals surface area contributed by atoms with Crippen LogP contribution >= 0.6 is 0 Å². The van der Waals surface area contributed by atoms with E-state index in [1.165, 1.54) is 16.8 Å². The Hall–Kier alpha value is -7.07. The van der Waals surface area contributed by atoms with Gasteiger partial charge in [-0.2, -0.15) is 0 Å². The van der Waals surface area contributed by atoms with Crippen LogP contribution in [0, 0.1) is 108 Å². The lowest BCUT2D eigenvalue weighted by Crippen LogP contribution is -2.39. The Morgan fingerprint density at radius 3 is 2.02 bits per heavy atom. The van der Waals surface area contributed by atoms with E-state index in [4.69, 9.17) is 11.2 Å². The van der Waals surface area contributed by atoms with E-state index in [1.54, 1.807) is 58.0 Å². The Balaban J connectivity index is 1.70. The van der Waals surface area contributed by atoms with Gasteiger partial charge in [-0.25, -0.2) is 9.48 Å². The second-order valence-corrected chi connectivity index (χ2v) is 9.82. The highest BCUT2D eigenvalue weighted by Gasteiger charge is 2.38. The minimum atomic E-state index is -1.31. The smallest absolute Gasteiger partial charge is 0.352 e. The van der Waals surface area contributed by atoms with Crippen LogP contribution in [0.4, 0.5) is 5.69 Å². The van der Waals surface area contributed by atoms with Crippen molar-refractivity contribution in [3.8, 4) is 95.4 Å². The van der Waals surface area contributed by atoms with Crippen LogP contribution in [0.3, 0.4) is 0 Å². The molecule has 8 heteroatoms. The molecule has 8 nitrogen and oxygen atoms in total. The number of amides is 1. The molecule has 3 aromatic rings. The largest absolute Gasteiger partial charge is 0.367 e. The summed E-state index contributed by atoms with van der Waals surface area (Å²) in [7, 11) is 0. The van der Waals surface area contributed by atoms with E-state index in [0.717, 1.165) is 0 Å². The Labute approximate surface area is 261 Å². The van der Waals surface area contributed by atoms with Gasteiger partial charge in [-0.1, -0.05) is 44.2 Å². The number of Topliss-reactive ketones (excluding diaryl/α,β-unsaturated/α-hetero) is 1. The van der Waals surface area contributed by atoms with Crippen molar-refractivity contribution in [3.05, 3.63) is 53.6 Å². The number of rotatable bonds is 5. The molecule has 0 aliphatic heterocycles. The van der Waals surface area contributed by atoms with Gasteiger partial charge in [0.1, 0.15) is 11.6 Å². The first-order chi connectivity index (χ1) is 21.6. The number of nitrogens with zero attached hydrogens (tertiary/aromatic N) is 3. The molecule has 214 valence electrons. The third-order valence-electron chi connectivity index (χ3n) is 5.61. The molecule has 0 saturated heterocycles. The van der Waals surface area contributed by atoms with Gasteiger partial charge in [0.05, 0.1) is 11.1 Å². The number of nitrogens with one attached hydrogen (secondary N) is 1. The van der Waals surface area contributed by atoms with Gasteiger partial charge in [0.2, 0.25) is 0 Å². The van der Waals surface area contributed by atoms with Gasteiger partial charge in [0.15, 0.2) is 11.8 Å². The van der Waals surface area contributed by atoms with Crippen molar-refractivity contribution in [2.45, 2.75) is 33.7 Å². The zero-order valence-corrected chi connectivity index (χ0v) is 24.7. The Morgan fingerprint density at radius 1 is 0.844 bits per heavy atom. The zero-order valence-electron chi connectivity index (χ0n) is 24.7. The van der Waals surface area contributed by atoms with E-state index >= 15 is 0 Å². The first-order valence-electron chi connectivity index (χ1n) is 13.1. The third-order valence-corrected chi connectivity index (χ3v) is 5.61. The number of ketones is 1. The van der Waals surface area contributed by atoms with Crippen LogP contribution in [0.2, 0.25) is 0 Å². The number of aromatic nitrogens is 3. The van der Waals surface area contributed by atoms with Crippen LogP contribution in [-0.2, 0) is 14.3 Å². The maximum atomic E-state index is 13.6. The number of carbonyl (C=O) groups is 3. The number of aryl methyl sites for hydroxylation is 1. The molecule has 0 aliphatic rings. The highest BCUT2D eigenvalue weighted by Crippen LogP contribution is 2.28. The number of fused-ring (bicyclic) bond motifs is 1. The van der Waals surface area contributed by atoms with Gasteiger partial charge in [0, 0.05) is 52.5 Å². The van der Waals surface area contributed by atoms with Crippen molar-refractivity contribution >= 4 is 34.4 Å². The highest BCUT2D eigenvalue weighted by atomic mass is 16.5. The molecule has 45 heavy (non-hydrogen) atoms. The minimum absolute atomic E-state index is 0.118. The molecule has 1 heterocycles. The molecule has 1 amide bonds. The van der Waals surface area contributed by atoms with E-state index in [9.17, 15) is 14.4 Å². The molecule has 0 spiro atoms. The number of anilines is 1. The molecular formula is C37H22N4O4. The van der Waals surface area contributed by atoms with Crippen molar-refractivity contribution in [1.29, 1.82) is 0 Å². The molecule has 2 aromatic carbocycles. The molecule has 1 unspecified atom stereocenters. The Morgan fingerprint density at radius 2 is 1.42 bits per heavy atom. The average Bonchev–Trinajstić information content (AvgIpc) is 3.43. The molecule has 0 bridgehead atoms. The van der Waals surface area contributed by atoms with Crippen LogP contribution < -0.4 is 5.32 Å². The SMILES string of the molecule is C#CC#CC#CC#CC#CC#CC#CC#COC(=O)c1ccc(C)c(NC(=O)C(C(=O)C(C)(C)C)n2nnc3ccccc32)c1. The van der Waals surface area contributed by atoms with Crippen LogP contribution in [0.5, 0.6) is 0 Å². The van der Waals surface area contributed by atoms with Gasteiger partial charge in [0.25, 0.3) is 5.91 Å². The predicted molar refractivity (Wildman–Crippen MR) is 170 cm³/mol. The van der Waals surface area contributed by atoms with Gasteiger partial charge >= 0.3 is 5.97 Å². The number of ether oxygens (including phenoxy) is 1. The van der Waals surface area contributed by atoms with E-state index < -0.39 is 23.3 Å². The molecule has 0 fully saturated rings. The predicted octanol–water partition coefficient (Wildman–Crippen LogP) is 3.31. The lowest BCUT2D eigenvalue weighted by atomic mass is 9.86. The molecule has 0 saturated carbocycles. The molecule has 0 radical (unpaired) electrons. The number of carbonyl (C=O) groups excluding carboxylic acids is 3. The molecule has 0 aliphatic carbocycles. The highest BCUT2D eigenvalue weighted by molar-refractivity contribution is 6.11. The van der Waals surface area contributed by atoms with Gasteiger partial charge < -0.3 is 10.1 Å². The second kappa shape index (κ2) is 15.8. The van der Waals surface area contributed by atoms with Gasteiger partial charge in [-0.15, -0.1) is 11.5 Å². The summed E-state index contributed by atoms with van der Waals surface area (Å²) in [6.45, 7) is 6.91. The fourth-order valence-electron chi connectivity index (χ4n) is 3.45. The van der Waals surface area contributed by atoms with Crippen molar-refractivity contribution in [2.75, 3.05) is 5.32 Å². The van der Waals surface area contributed by atoms with Crippen molar-refractivity contribution in [3.63, 3.8) is 0 Å². The van der Waals surface area contributed by atoms with Gasteiger partial charge in [-0.05, 0) is 78.2 Å². The summed E-state index contributed by atoms with van der Waals surface area (Å²) in [4.78, 5) is 39.6. The van der Waals surface area contributed by atoms with E-state index in [1.807, 2.05) is 0 Å². The lowest BCUT2D eigenvalue weighted by molar-refractivity contribution is -0.135. The summed E-state index contributed by atoms with van der Waals surface area (Å²) >= 11 is 0. The van der Waals surface area contributed by atoms with Crippen molar-refractivity contribution < 1.29 is 19.1 Å². The average molecular weight is 587 g/mol. The van der Waals surface area contributed by atoms with Gasteiger partial charge in [-0.3, -0.25) is 9.59 Å². The maximum absolute atomic E-state index is 13.6. The summed E-state index contributed by atoms with van der Waals surface area (Å²) in [6, 6.07) is 10.3. The molecular weight excluding hydrogens is 564 g/mol. The fourth-order valence-corrected chi connectivity index (χ4v) is 3.45. The number of benzene rings is 2. The van der Waals surface area contributed by atoms with Crippen molar-refractivity contribution in [2.24, 2.45) is 5.41 Å². The first kappa shape index (κ1) is 32.4. The summed E-state index contributed by atoms with van der Waals surface area (Å²) in [5.74, 6) is 31.9. The van der Waals surface area contributed by atoms with Crippen LogP contribution in [0.1, 0.15) is 42.7 Å². The van der Waals surface area contributed by atoms with Crippen molar-refractivity contribution in [1.82, 2.24) is 15.0 Å². The summed E-state index contributed by atoms with van der Waals surface area (Å²) in [6.07, 6.45) is 7.15. The lowest BCUT2D eigenvalue weighted by Gasteiger charge is -2.24. The molecule has 1 aromatic heterocycles. The quantitative estimate of drug-likeness (QED) is 0.280. The minimum Gasteiger partial charge on any atom is -0.367 e. The number of para-hydroxylation sites is 1. The van der Waals surface area contributed by atoms with Crippen LogP contribution in [0.15, 0.2) is 42.5 Å². The second-order valence-electron chi connectivity index (χ2n) is 9.82. The number of esters is 1. The maximum Gasteiger partial charge on any atom is 0.352 e. The Kier molecular flexibility index (Phi) is 11.4. The third kappa shape index (κ3) is 9.48. The number of terminal acetylenes is 1. The molecule has 1 atom stereocenters. The summed E-state index contributed by atoms with van der Waals surface area (Å²) in [5, 5.41) is 11.0. The van der Waals surface area contributed by atoms with E-state index in [-0.39, 0.29) is 11.3 Å². The van der Waals surface area contributed by atoms with Crippen LogP contribution in [-0.4, -0.2) is 32.7 Å². The van der Waals surface area contributed by atoms with E-state index in [2.05, 4.69) is 105 Å². The summed E-state index contributed by atoms with van der Waals surface area (Å²) in [5.41, 5.74) is 1.29.